The minimum atomic E-state index is -0.281. The van der Waals surface area contributed by atoms with E-state index in [2.05, 4.69) is 21.3 Å². The Morgan fingerprint density at radius 2 is 2.11 bits per heavy atom. The van der Waals surface area contributed by atoms with Crippen LogP contribution in [0.3, 0.4) is 0 Å². The van der Waals surface area contributed by atoms with Crippen molar-refractivity contribution in [3.63, 3.8) is 0 Å². The molecule has 0 saturated carbocycles. The highest BCUT2D eigenvalue weighted by Gasteiger charge is 2.24. The Kier molecular flexibility index (Phi) is 6.24. The van der Waals surface area contributed by atoms with Gasteiger partial charge in [-0.25, -0.2) is 13.4 Å². The first-order valence-corrected chi connectivity index (χ1v) is 9.89. The fraction of sp³-hybridized carbons (Fsp3) is 0.368. The molecule has 3 rings (SSSR count). The molecule has 27 heavy (non-hydrogen) atoms. The quantitative estimate of drug-likeness (QED) is 0.740. The molecule has 1 aromatic heterocycles. The summed E-state index contributed by atoms with van der Waals surface area (Å²) in [5, 5.41) is 7.26. The van der Waals surface area contributed by atoms with E-state index in [1.807, 2.05) is 13.0 Å². The summed E-state index contributed by atoms with van der Waals surface area (Å²) in [6.07, 6.45) is 3.07. The minimum Gasteiger partial charge on any atom is -0.385 e. The third-order valence-corrected chi connectivity index (χ3v) is 6.15. The van der Waals surface area contributed by atoms with Gasteiger partial charge in [-0.05, 0) is 49.4 Å². The van der Waals surface area contributed by atoms with Crippen LogP contribution in [0.1, 0.15) is 31.4 Å². The number of nitrogens with zero attached hydrogens (tertiary/aromatic N) is 3. The van der Waals surface area contributed by atoms with E-state index in [4.69, 9.17) is 11.6 Å². The van der Waals surface area contributed by atoms with Gasteiger partial charge in [-0.3, -0.25) is 4.79 Å². The fourth-order valence-corrected chi connectivity index (χ4v) is 4.21. The Morgan fingerprint density at radius 3 is 2.70 bits per heavy atom. The molecular weight excluding hydrogens is 387 g/mol. The van der Waals surface area contributed by atoms with Crippen LogP contribution in [0.4, 0.5) is 10.1 Å². The van der Waals surface area contributed by atoms with Crippen molar-refractivity contribution in [2.24, 2.45) is 0 Å². The van der Waals surface area contributed by atoms with Crippen LogP contribution in [0.2, 0.25) is 5.02 Å². The Balaban J connectivity index is 1.65. The van der Waals surface area contributed by atoms with Gasteiger partial charge in [0.1, 0.15) is 10.8 Å². The number of rotatable bonds is 5. The number of anilines is 1. The van der Waals surface area contributed by atoms with Crippen LogP contribution < -0.4 is 10.9 Å². The van der Waals surface area contributed by atoms with Crippen molar-refractivity contribution < 1.29 is 4.39 Å². The highest BCUT2D eigenvalue weighted by Crippen LogP contribution is 2.32. The molecule has 1 fully saturated rings. The van der Waals surface area contributed by atoms with E-state index in [0.717, 1.165) is 37.1 Å². The molecule has 0 bridgehead atoms. The Labute approximate surface area is 167 Å². The van der Waals surface area contributed by atoms with E-state index in [0.29, 0.717) is 10.6 Å². The maximum atomic E-state index is 14.3. The van der Waals surface area contributed by atoms with Gasteiger partial charge in [0.15, 0.2) is 0 Å². The predicted molar refractivity (Wildman–Crippen MR) is 110 cm³/mol. The monoisotopic (exact) mass is 408 g/mol. The number of allylic oxidation sites excluding steroid dienone is 1. The molecule has 2 aromatic rings. The zero-order valence-corrected chi connectivity index (χ0v) is 16.9. The average Bonchev–Trinajstić information content (AvgIpc) is 2.66. The predicted octanol–water partition coefficient (Wildman–Crippen LogP) is 4.45. The fourth-order valence-electron chi connectivity index (χ4n) is 3.04. The SMILES string of the molecule is C=C(C)c1ccc(SN2CCC(n3ncc(NC)c(Cl)c3=O)CC2)c(F)c1. The smallest absolute Gasteiger partial charge is 0.287 e. The molecule has 1 N–H and O–H groups in total. The lowest BCUT2D eigenvalue weighted by Crippen LogP contribution is -2.36. The van der Waals surface area contributed by atoms with Crippen molar-refractivity contribution in [3.05, 3.63) is 57.7 Å². The Bertz CT molecular complexity index is 909. The highest BCUT2D eigenvalue weighted by molar-refractivity contribution is 7.97. The molecule has 0 amide bonds. The molecule has 0 unspecified atom stereocenters. The summed E-state index contributed by atoms with van der Waals surface area (Å²) in [6.45, 7) is 7.17. The van der Waals surface area contributed by atoms with Crippen LogP contribution in [-0.2, 0) is 0 Å². The van der Waals surface area contributed by atoms with E-state index in [-0.39, 0.29) is 22.4 Å². The zero-order valence-electron chi connectivity index (χ0n) is 15.3. The Hall–Kier alpha value is -1.83. The molecule has 0 spiro atoms. The van der Waals surface area contributed by atoms with E-state index >= 15 is 0 Å². The highest BCUT2D eigenvalue weighted by atomic mass is 35.5. The van der Waals surface area contributed by atoms with Crippen LogP contribution in [0.5, 0.6) is 0 Å². The van der Waals surface area contributed by atoms with Crippen LogP contribution in [0.15, 0.2) is 40.7 Å². The van der Waals surface area contributed by atoms with Crippen molar-refractivity contribution in [2.45, 2.75) is 30.7 Å². The molecule has 1 aliphatic heterocycles. The molecule has 5 nitrogen and oxygen atoms in total. The molecule has 2 heterocycles. The summed E-state index contributed by atoms with van der Waals surface area (Å²) in [5.74, 6) is -0.241. The van der Waals surface area contributed by atoms with Crippen LogP contribution in [0, 0.1) is 5.82 Å². The largest absolute Gasteiger partial charge is 0.385 e. The molecule has 1 saturated heterocycles. The zero-order chi connectivity index (χ0) is 19.6. The molecule has 0 atom stereocenters. The third kappa shape index (κ3) is 4.36. The first-order valence-electron chi connectivity index (χ1n) is 8.74. The van der Waals surface area contributed by atoms with Gasteiger partial charge in [0.2, 0.25) is 0 Å². The Morgan fingerprint density at radius 1 is 1.41 bits per heavy atom. The second kappa shape index (κ2) is 8.46. The maximum absolute atomic E-state index is 14.3. The summed E-state index contributed by atoms with van der Waals surface area (Å²) < 4.78 is 17.9. The third-order valence-electron chi connectivity index (χ3n) is 4.63. The van der Waals surface area contributed by atoms with E-state index in [1.54, 1.807) is 19.3 Å². The van der Waals surface area contributed by atoms with Crippen molar-refractivity contribution in [3.8, 4) is 0 Å². The number of piperidine rings is 1. The number of halogens is 2. The molecule has 0 radical (unpaired) electrons. The molecule has 144 valence electrons. The van der Waals surface area contributed by atoms with Crippen LogP contribution in [0.25, 0.3) is 5.57 Å². The van der Waals surface area contributed by atoms with Crippen molar-refractivity contribution >= 4 is 34.8 Å². The van der Waals surface area contributed by atoms with Crippen molar-refractivity contribution in [1.82, 2.24) is 14.1 Å². The summed E-state index contributed by atoms with van der Waals surface area (Å²) >= 11 is 7.51. The standard InChI is InChI=1S/C19H22ClFN4OS/c1-12(2)13-4-5-17(15(21)10-13)27-24-8-6-14(7-9-24)25-19(26)18(20)16(22-3)11-23-25/h4-5,10-11,14,22H,1,6-9H2,2-3H3. The van der Waals surface area contributed by atoms with Gasteiger partial charge in [0.05, 0.1) is 22.8 Å². The van der Waals surface area contributed by atoms with Crippen molar-refractivity contribution in [2.75, 3.05) is 25.5 Å². The number of nitrogens with one attached hydrogen (secondary N) is 1. The summed E-state index contributed by atoms with van der Waals surface area (Å²) in [5.41, 5.74) is 1.89. The van der Waals surface area contributed by atoms with Gasteiger partial charge in [-0.1, -0.05) is 29.8 Å². The first-order chi connectivity index (χ1) is 12.9. The second-order valence-electron chi connectivity index (χ2n) is 6.55. The number of hydrogen-bond acceptors (Lipinski definition) is 5. The van der Waals surface area contributed by atoms with Gasteiger partial charge < -0.3 is 5.32 Å². The van der Waals surface area contributed by atoms with Crippen LogP contribution in [-0.4, -0.2) is 34.2 Å². The lowest BCUT2D eigenvalue weighted by Gasteiger charge is -2.31. The number of hydrogen-bond donors (Lipinski definition) is 1. The molecule has 0 aliphatic carbocycles. The van der Waals surface area contributed by atoms with E-state index in [9.17, 15) is 9.18 Å². The van der Waals surface area contributed by atoms with Gasteiger partial charge in [0, 0.05) is 20.1 Å². The van der Waals surface area contributed by atoms with Crippen LogP contribution >= 0.6 is 23.5 Å². The van der Waals surface area contributed by atoms with Gasteiger partial charge >= 0.3 is 0 Å². The normalized spacial score (nSPS) is 15.7. The minimum absolute atomic E-state index is 0.00612. The van der Waals surface area contributed by atoms with Crippen molar-refractivity contribution in [1.29, 1.82) is 0 Å². The summed E-state index contributed by atoms with van der Waals surface area (Å²) in [4.78, 5) is 13.0. The maximum Gasteiger partial charge on any atom is 0.287 e. The first kappa shape index (κ1) is 19.9. The second-order valence-corrected chi connectivity index (χ2v) is 8.07. The van der Waals surface area contributed by atoms with E-state index < -0.39 is 0 Å². The average molecular weight is 409 g/mol. The number of aromatic nitrogens is 2. The molecule has 1 aliphatic rings. The summed E-state index contributed by atoms with van der Waals surface area (Å²) in [7, 11) is 1.70. The molecule has 8 heteroatoms. The molecule has 1 aromatic carbocycles. The van der Waals surface area contributed by atoms with E-state index in [1.165, 1.54) is 22.7 Å². The lowest BCUT2D eigenvalue weighted by molar-refractivity contribution is 0.268. The van der Waals surface area contributed by atoms with Gasteiger partial charge in [-0.2, -0.15) is 5.10 Å². The lowest BCUT2D eigenvalue weighted by atomic mass is 10.1. The van der Waals surface area contributed by atoms with Gasteiger partial charge in [0.25, 0.3) is 5.56 Å². The van der Waals surface area contributed by atoms with Gasteiger partial charge in [-0.15, -0.1) is 0 Å². The number of benzene rings is 1. The topological polar surface area (TPSA) is 50.2 Å². The summed E-state index contributed by atoms with van der Waals surface area (Å²) in [6, 6.07) is 5.19. The molecular formula is C19H22ClFN4OS.